The van der Waals surface area contributed by atoms with Crippen molar-refractivity contribution in [3.8, 4) is 0 Å². The topological polar surface area (TPSA) is 75.1 Å². The number of hydrogen-bond donors (Lipinski definition) is 2. The van der Waals surface area contributed by atoms with Crippen LogP contribution in [0.15, 0.2) is 64.2 Å². The van der Waals surface area contributed by atoms with Crippen LogP contribution in [0.4, 0.5) is 0 Å². The van der Waals surface area contributed by atoms with Gasteiger partial charge in [0.25, 0.3) is 11.1 Å². The van der Waals surface area contributed by atoms with Crippen LogP contribution in [-0.2, 0) is 6.54 Å². The average molecular weight is 282 g/mol. The number of aromatic amines is 1. The van der Waals surface area contributed by atoms with Crippen LogP contribution < -0.4 is 11.1 Å². The molecule has 1 heterocycles. The first-order valence-corrected chi connectivity index (χ1v) is 6.61. The molecule has 0 radical (unpaired) electrons. The zero-order chi connectivity index (χ0) is 14.8. The molecular formula is C16H14N2O3. The Bertz CT molecular complexity index is 881. The standard InChI is InChI=1S/C16H14N2O3/c19-14(11-6-2-1-3-7-11)10-18-16(21)13-9-5-4-8-12(13)15(20)17-18/h1-9,14,19H,10H2,(H,17,20). The highest BCUT2D eigenvalue weighted by atomic mass is 16.3. The molecule has 2 N–H and O–H groups in total. The van der Waals surface area contributed by atoms with Crippen LogP contribution in [0.1, 0.15) is 11.7 Å². The van der Waals surface area contributed by atoms with Gasteiger partial charge in [-0.1, -0.05) is 42.5 Å². The molecule has 0 amide bonds. The van der Waals surface area contributed by atoms with Crippen LogP contribution in [0.25, 0.3) is 10.8 Å². The molecule has 106 valence electrons. The zero-order valence-corrected chi connectivity index (χ0v) is 11.2. The molecular weight excluding hydrogens is 268 g/mol. The van der Waals surface area contributed by atoms with Crippen molar-refractivity contribution in [1.82, 2.24) is 9.78 Å². The summed E-state index contributed by atoms with van der Waals surface area (Å²) in [5, 5.41) is 13.4. The highest BCUT2D eigenvalue weighted by molar-refractivity contribution is 5.80. The summed E-state index contributed by atoms with van der Waals surface area (Å²) in [7, 11) is 0. The van der Waals surface area contributed by atoms with E-state index in [4.69, 9.17) is 0 Å². The van der Waals surface area contributed by atoms with Crippen molar-refractivity contribution < 1.29 is 5.11 Å². The maximum atomic E-state index is 12.3. The van der Waals surface area contributed by atoms with Gasteiger partial charge in [-0.25, -0.2) is 4.68 Å². The summed E-state index contributed by atoms with van der Waals surface area (Å²) >= 11 is 0. The summed E-state index contributed by atoms with van der Waals surface area (Å²) in [4.78, 5) is 24.3. The van der Waals surface area contributed by atoms with Crippen molar-refractivity contribution in [3.63, 3.8) is 0 Å². The number of nitrogens with zero attached hydrogens (tertiary/aromatic N) is 1. The van der Waals surface area contributed by atoms with Gasteiger partial charge in [0.1, 0.15) is 0 Å². The maximum absolute atomic E-state index is 12.3. The van der Waals surface area contributed by atoms with Crippen LogP contribution >= 0.6 is 0 Å². The molecule has 0 aliphatic carbocycles. The van der Waals surface area contributed by atoms with Gasteiger partial charge in [-0.05, 0) is 17.7 Å². The van der Waals surface area contributed by atoms with E-state index in [9.17, 15) is 14.7 Å². The second-order valence-electron chi connectivity index (χ2n) is 4.83. The number of H-pyrrole nitrogens is 1. The van der Waals surface area contributed by atoms with Crippen LogP contribution in [0.2, 0.25) is 0 Å². The van der Waals surface area contributed by atoms with Gasteiger partial charge in [-0.15, -0.1) is 0 Å². The molecule has 0 aliphatic heterocycles. The minimum Gasteiger partial charge on any atom is -0.386 e. The number of aliphatic hydroxyl groups excluding tert-OH is 1. The third kappa shape index (κ3) is 2.51. The average Bonchev–Trinajstić information content (AvgIpc) is 2.53. The van der Waals surface area contributed by atoms with Crippen molar-refractivity contribution in [2.24, 2.45) is 0 Å². The molecule has 0 bridgehead atoms. The Labute approximate surface area is 120 Å². The molecule has 0 spiro atoms. The molecule has 1 unspecified atom stereocenters. The molecule has 2 aromatic carbocycles. The highest BCUT2D eigenvalue weighted by Gasteiger charge is 2.12. The van der Waals surface area contributed by atoms with Gasteiger partial charge in [0, 0.05) is 0 Å². The van der Waals surface area contributed by atoms with E-state index in [1.165, 1.54) is 0 Å². The summed E-state index contributed by atoms with van der Waals surface area (Å²) in [5.74, 6) is 0. The summed E-state index contributed by atoms with van der Waals surface area (Å²) in [6.07, 6.45) is -0.860. The predicted molar refractivity (Wildman–Crippen MR) is 80.2 cm³/mol. The first kappa shape index (κ1) is 13.3. The van der Waals surface area contributed by atoms with Gasteiger partial charge >= 0.3 is 0 Å². The Hall–Kier alpha value is -2.66. The molecule has 5 heteroatoms. The normalized spacial score (nSPS) is 12.4. The zero-order valence-electron chi connectivity index (χ0n) is 11.2. The second-order valence-corrected chi connectivity index (χ2v) is 4.83. The number of aliphatic hydroxyl groups is 1. The molecule has 0 fully saturated rings. The van der Waals surface area contributed by atoms with Gasteiger partial charge in [0.05, 0.1) is 23.4 Å². The lowest BCUT2D eigenvalue weighted by molar-refractivity contribution is 0.149. The number of hydrogen-bond acceptors (Lipinski definition) is 3. The minimum absolute atomic E-state index is 0.00290. The number of rotatable bonds is 3. The quantitative estimate of drug-likeness (QED) is 0.763. The third-order valence-electron chi connectivity index (χ3n) is 3.42. The second kappa shape index (κ2) is 5.38. The number of nitrogens with one attached hydrogen (secondary N) is 1. The molecule has 5 nitrogen and oxygen atoms in total. The Morgan fingerprint density at radius 1 is 0.952 bits per heavy atom. The van der Waals surface area contributed by atoms with Gasteiger partial charge in [0.15, 0.2) is 0 Å². The van der Waals surface area contributed by atoms with Gasteiger partial charge < -0.3 is 5.11 Å². The number of benzene rings is 2. The van der Waals surface area contributed by atoms with E-state index in [0.29, 0.717) is 16.3 Å². The fourth-order valence-electron chi connectivity index (χ4n) is 2.33. The van der Waals surface area contributed by atoms with E-state index in [-0.39, 0.29) is 17.7 Å². The van der Waals surface area contributed by atoms with Crippen molar-refractivity contribution in [1.29, 1.82) is 0 Å². The van der Waals surface area contributed by atoms with E-state index < -0.39 is 6.10 Å². The van der Waals surface area contributed by atoms with E-state index in [2.05, 4.69) is 5.10 Å². The first-order chi connectivity index (χ1) is 10.2. The molecule has 1 atom stereocenters. The van der Waals surface area contributed by atoms with Crippen molar-refractivity contribution in [2.75, 3.05) is 0 Å². The Morgan fingerprint density at radius 2 is 1.57 bits per heavy atom. The monoisotopic (exact) mass is 282 g/mol. The lowest BCUT2D eigenvalue weighted by atomic mass is 10.1. The smallest absolute Gasteiger partial charge is 0.273 e. The predicted octanol–water partition coefficient (Wildman–Crippen LogP) is 1.42. The van der Waals surface area contributed by atoms with Crippen LogP contribution in [0.3, 0.4) is 0 Å². The van der Waals surface area contributed by atoms with Crippen molar-refractivity contribution >= 4 is 10.8 Å². The SMILES string of the molecule is O=c1[nH]n(CC(O)c2ccccc2)c(=O)c2ccccc12. The van der Waals surface area contributed by atoms with Crippen LogP contribution in [0.5, 0.6) is 0 Å². The Morgan fingerprint density at radius 3 is 2.29 bits per heavy atom. The van der Waals surface area contributed by atoms with Gasteiger partial charge in [-0.3, -0.25) is 14.7 Å². The molecule has 0 aliphatic rings. The van der Waals surface area contributed by atoms with Gasteiger partial charge in [-0.2, -0.15) is 0 Å². The summed E-state index contributed by atoms with van der Waals surface area (Å²) < 4.78 is 1.16. The van der Waals surface area contributed by atoms with E-state index >= 15 is 0 Å². The molecule has 1 aromatic heterocycles. The first-order valence-electron chi connectivity index (χ1n) is 6.61. The van der Waals surface area contributed by atoms with Crippen LogP contribution in [-0.4, -0.2) is 14.9 Å². The summed E-state index contributed by atoms with van der Waals surface area (Å²) in [6.45, 7) is 0.00290. The van der Waals surface area contributed by atoms with Crippen molar-refractivity contribution in [3.05, 3.63) is 80.9 Å². The molecule has 3 aromatic rings. The summed E-state index contributed by atoms with van der Waals surface area (Å²) in [5.41, 5.74) is 0.0315. The highest BCUT2D eigenvalue weighted by Crippen LogP contribution is 2.13. The molecule has 0 saturated carbocycles. The lowest BCUT2D eigenvalue weighted by Crippen LogP contribution is -2.31. The molecule has 0 saturated heterocycles. The third-order valence-corrected chi connectivity index (χ3v) is 3.42. The number of aromatic nitrogens is 2. The largest absolute Gasteiger partial charge is 0.386 e. The molecule has 3 rings (SSSR count). The maximum Gasteiger partial charge on any atom is 0.273 e. The van der Waals surface area contributed by atoms with Crippen molar-refractivity contribution in [2.45, 2.75) is 12.6 Å². The van der Waals surface area contributed by atoms with Gasteiger partial charge in [0.2, 0.25) is 0 Å². The number of fused-ring (bicyclic) bond motifs is 1. The van der Waals surface area contributed by atoms with E-state index in [0.717, 1.165) is 4.68 Å². The Balaban J connectivity index is 2.04. The Kier molecular flexibility index (Phi) is 3.41. The van der Waals surface area contributed by atoms with E-state index in [1.54, 1.807) is 36.4 Å². The minimum atomic E-state index is -0.860. The van der Waals surface area contributed by atoms with E-state index in [1.807, 2.05) is 18.2 Å². The van der Waals surface area contributed by atoms with Crippen LogP contribution in [0, 0.1) is 0 Å². The lowest BCUT2D eigenvalue weighted by Gasteiger charge is -2.13. The fourth-order valence-corrected chi connectivity index (χ4v) is 2.33. The molecule has 21 heavy (non-hydrogen) atoms. The summed E-state index contributed by atoms with van der Waals surface area (Å²) in [6, 6.07) is 15.6. The fraction of sp³-hybridized carbons (Fsp3) is 0.125.